The molecule has 0 saturated carbocycles. The molecule has 0 atom stereocenters. The van der Waals surface area contributed by atoms with Crippen molar-refractivity contribution in [3.63, 3.8) is 0 Å². The van der Waals surface area contributed by atoms with Gasteiger partial charge in [0.25, 0.3) is 6.43 Å². The fourth-order valence-electron chi connectivity index (χ4n) is 1.47. The van der Waals surface area contributed by atoms with Gasteiger partial charge in [0.15, 0.2) is 5.75 Å². The van der Waals surface area contributed by atoms with E-state index in [-0.39, 0.29) is 16.6 Å². The maximum Gasteiger partial charge on any atom is 0.573 e. The summed E-state index contributed by atoms with van der Waals surface area (Å²) in [5.41, 5.74) is -1.51. The number of carbonyl (C=O) groups excluding carboxylic acids is 1. The van der Waals surface area contributed by atoms with Gasteiger partial charge in [-0.2, -0.15) is 0 Å². The van der Waals surface area contributed by atoms with Crippen molar-refractivity contribution < 1.29 is 36.2 Å². The number of hydrogen-bond acceptors (Lipinski definition) is 4. The van der Waals surface area contributed by atoms with Crippen LogP contribution in [0.15, 0.2) is 6.07 Å². The molecule has 1 aromatic rings. The minimum Gasteiger partial charge on any atom is -0.469 e. The molecule has 0 bridgehead atoms. The van der Waals surface area contributed by atoms with Crippen molar-refractivity contribution in [3.8, 4) is 5.75 Å². The molecule has 0 N–H and O–H groups in total. The molecule has 0 radical (unpaired) electrons. The lowest BCUT2D eigenvalue weighted by atomic mass is 10.1. The first-order valence-corrected chi connectivity index (χ1v) is 6.49. The SMILES string of the molecule is COC(=O)Cc1cc(C(F)F)nc(CBr)c1OC(F)(F)F. The number of esters is 1. The molecule has 0 aliphatic heterocycles. The topological polar surface area (TPSA) is 48.4 Å². The molecule has 0 spiro atoms. The van der Waals surface area contributed by atoms with Gasteiger partial charge in [-0.05, 0) is 6.07 Å². The van der Waals surface area contributed by atoms with E-state index in [0.717, 1.165) is 7.11 Å². The van der Waals surface area contributed by atoms with Gasteiger partial charge in [0.2, 0.25) is 0 Å². The molecule has 0 amide bonds. The lowest BCUT2D eigenvalue weighted by Gasteiger charge is -2.16. The highest BCUT2D eigenvalue weighted by atomic mass is 79.9. The van der Waals surface area contributed by atoms with Crippen LogP contribution in [0.1, 0.15) is 23.4 Å². The Morgan fingerprint density at radius 3 is 2.48 bits per heavy atom. The standard InChI is InChI=1S/C11H9BrF5NO3/c1-20-8(19)3-5-2-6(10(13)14)18-7(4-12)9(5)21-11(15,16)17/h2,10H,3-4H2,1H3. The van der Waals surface area contributed by atoms with Crippen molar-refractivity contribution in [2.45, 2.75) is 24.5 Å². The number of pyridine rings is 1. The van der Waals surface area contributed by atoms with Crippen LogP contribution in [-0.2, 0) is 21.3 Å². The zero-order valence-electron chi connectivity index (χ0n) is 10.5. The summed E-state index contributed by atoms with van der Waals surface area (Å²) < 4.78 is 70.7. The Labute approximate surface area is 124 Å². The molecule has 21 heavy (non-hydrogen) atoms. The summed E-state index contributed by atoms with van der Waals surface area (Å²) in [4.78, 5) is 14.6. The smallest absolute Gasteiger partial charge is 0.469 e. The number of hydrogen-bond donors (Lipinski definition) is 0. The lowest BCUT2D eigenvalue weighted by molar-refractivity contribution is -0.275. The quantitative estimate of drug-likeness (QED) is 0.447. The van der Waals surface area contributed by atoms with E-state index >= 15 is 0 Å². The van der Waals surface area contributed by atoms with Gasteiger partial charge in [0.1, 0.15) is 5.69 Å². The lowest BCUT2D eigenvalue weighted by Crippen LogP contribution is -2.21. The minimum absolute atomic E-state index is 0.257. The maximum atomic E-state index is 12.7. The summed E-state index contributed by atoms with van der Waals surface area (Å²) in [6.45, 7) is 0. The largest absolute Gasteiger partial charge is 0.573 e. The highest BCUT2D eigenvalue weighted by Gasteiger charge is 2.34. The van der Waals surface area contributed by atoms with Crippen molar-refractivity contribution in [1.82, 2.24) is 4.98 Å². The predicted octanol–water partition coefficient (Wildman–Crippen LogP) is 3.53. The molecular formula is C11H9BrF5NO3. The molecule has 118 valence electrons. The third-order valence-electron chi connectivity index (χ3n) is 2.27. The van der Waals surface area contributed by atoms with Crippen LogP contribution in [0.2, 0.25) is 0 Å². The van der Waals surface area contributed by atoms with Gasteiger partial charge in [-0.25, -0.2) is 13.8 Å². The number of halogens is 6. The molecule has 1 rings (SSSR count). The van der Waals surface area contributed by atoms with Crippen LogP contribution in [0, 0.1) is 0 Å². The van der Waals surface area contributed by atoms with Crippen LogP contribution in [-0.4, -0.2) is 24.4 Å². The first-order chi connectivity index (χ1) is 9.67. The summed E-state index contributed by atoms with van der Waals surface area (Å²) in [5, 5.41) is -0.257. The van der Waals surface area contributed by atoms with Crippen LogP contribution in [0.3, 0.4) is 0 Å². The normalized spacial score (nSPS) is 11.6. The van der Waals surface area contributed by atoms with E-state index in [1.165, 1.54) is 0 Å². The average Bonchev–Trinajstić information content (AvgIpc) is 2.38. The van der Waals surface area contributed by atoms with Crippen LogP contribution >= 0.6 is 15.9 Å². The van der Waals surface area contributed by atoms with Crippen LogP contribution in [0.25, 0.3) is 0 Å². The number of methoxy groups -OCH3 is 1. The first-order valence-electron chi connectivity index (χ1n) is 5.37. The van der Waals surface area contributed by atoms with E-state index in [9.17, 15) is 26.7 Å². The average molecular weight is 378 g/mol. The van der Waals surface area contributed by atoms with Gasteiger partial charge in [0.05, 0.1) is 19.2 Å². The van der Waals surface area contributed by atoms with Crippen molar-refractivity contribution in [2.24, 2.45) is 0 Å². The Balaban J connectivity index is 3.37. The second-order valence-electron chi connectivity index (χ2n) is 3.72. The van der Waals surface area contributed by atoms with Gasteiger partial charge in [0, 0.05) is 10.9 Å². The maximum absolute atomic E-state index is 12.7. The third kappa shape index (κ3) is 5.10. The summed E-state index contributed by atoms with van der Waals surface area (Å²) in [7, 11) is 1.02. The molecule has 1 aromatic heterocycles. The Kier molecular flexibility index (Phi) is 5.87. The zero-order valence-corrected chi connectivity index (χ0v) is 12.1. The molecule has 0 aliphatic carbocycles. The third-order valence-corrected chi connectivity index (χ3v) is 2.80. The highest BCUT2D eigenvalue weighted by molar-refractivity contribution is 9.08. The summed E-state index contributed by atoms with van der Waals surface area (Å²) in [6, 6.07) is 0.689. The number of ether oxygens (including phenoxy) is 2. The van der Waals surface area contributed by atoms with Crippen molar-refractivity contribution in [1.29, 1.82) is 0 Å². The Bertz CT molecular complexity index is 521. The molecule has 1 heterocycles. The molecule has 0 unspecified atom stereocenters. The monoisotopic (exact) mass is 377 g/mol. The van der Waals surface area contributed by atoms with E-state index in [1.54, 1.807) is 0 Å². The molecular weight excluding hydrogens is 369 g/mol. The molecule has 10 heteroatoms. The predicted molar refractivity (Wildman–Crippen MR) is 64.2 cm³/mol. The number of nitrogens with zero attached hydrogens (tertiary/aromatic N) is 1. The molecule has 0 aromatic carbocycles. The van der Waals surface area contributed by atoms with E-state index in [0.29, 0.717) is 6.07 Å². The van der Waals surface area contributed by atoms with Crippen molar-refractivity contribution in [3.05, 3.63) is 23.0 Å². The first kappa shape index (κ1) is 17.6. The summed E-state index contributed by atoms with van der Waals surface area (Å²) in [6.07, 6.45) is -8.70. The Morgan fingerprint density at radius 1 is 1.43 bits per heavy atom. The van der Waals surface area contributed by atoms with Crippen LogP contribution in [0.5, 0.6) is 5.75 Å². The van der Waals surface area contributed by atoms with Gasteiger partial charge < -0.3 is 9.47 Å². The van der Waals surface area contributed by atoms with Crippen LogP contribution < -0.4 is 4.74 Å². The second kappa shape index (κ2) is 7.01. The summed E-state index contributed by atoms with van der Waals surface area (Å²) >= 11 is 2.85. The number of rotatable bonds is 5. The van der Waals surface area contributed by atoms with Crippen molar-refractivity contribution in [2.75, 3.05) is 7.11 Å². The molecule has 0 saturated heterocycles. The van der Waals surface area contributed by atoms with Crippen molar-refractivity contribution >= 4 is 21.9 Å². The van der Waals surface area contributed by atoms with Gasteiger partial charge >= 0.3 is 12.3 Å². The van der Waals surface area contributed by atoms with E-state index in [2.05, 4.69) is 30.4 Å². The van der Waals surface area contributed by atoms with Crippen LogP contribution in [0.4, 0.5) is 22.0 Å². The number of alkyl halides is 6. The van der Waals surface area contributed by atoms with Gasteiger partial charge in [-0.1, -0.05) is 15.9 Å². The fraction of sp³-hybridized carbons (Fsp3) is 0.455. The van der Waals surface area contributed by atoms with Gasteiger partial charge in [-0.3, -0.25) is 4.79 Å². The van der Waals surface area contributed by atoms with Gasteiger partial charge in [-0.15, -0.1) is 13.2 Å². The van der Waals surface area contributed by atoms with E-state index in [4.69, 9.17) is 0 Å². The Morgan fingerprint density at radius 2 is 2.05 bits per heavy atom. The zero-order chi connectivity index (χ0) is 16.2. The molecule has 4 nitrogen and oxygen atoms in total. The molecule has 0 aliphatic rings. The minimum atomic E-state index is -5.05. The highest BCUT2D eigenvalue weighted by Crippen LogP contribution is 2.33. The second-order valence-corrected chi connectivity index (χ2v) is 4.28. The van der Waals surface area contributed by atoms with E-state index < -0.39 is 36.6 Å². The fourth-order valence-corrected chi connectivity index (χ4v) is 1.85. The number of carbonyl (C=O) groups is 1. The van der Waals surface area contributed by atoms with E-state index in [1.807, 2.05) is 0 Å². The number of aromatic nitrogens is 1. The molecule has 0 fully saturated rings. The Hall–Kier alpha value is -1.45. The summed E-state index contributed by atoms with van der Waals surface area (Å²) in [5.74, 6) is -1.68.